The molecule has 0 aromatic heterocycles. The summed E-state index contributed by atoms with van der Waals surface area (Å²) in [4.78, 5) is 38.5. The van der Waals surface area contributed by atoms with E-state index in [1.807, 2.05) is 56.3 Å². The molecule has 0 radical (unpaired) electrons. The molecule has 1 saturated heterocycles. The number of aryl methyl sites for hydroxylation is 2. The van der Waals surface area contributed by atoms with Crippen LogP contribution in [0.1, 0.15) is 24.5 Å². The zero-order valence-electron chi connectivity index (χ0n) is 16.1. The number of hydrogen-bond donors (Lipinski definition) is 1. The van der Waals surface area contributed by atoms with E-state index >= 15 is 0 Å². The summed E-state index contributed by atoms with van der Waals surface area (Å²) in [5.74, 6) is -1.60. The molecule has 2 amide bonds. The molecule has 6 heteroatoms. The van der Waals surface area contributed by atoms with Crippen LogP contribution in [0.3, 0.4) is 0 Å². The van der Waals surface area contributed by atoms with Crippen LogP contribution in [-0.2, 0) is 25.5 Å². The molecule has 2 aromatic carbocycles. The molecule has 1 aliphatic rings. The fourth-order valence-electron chi connectivity index (χ4n) is 3.33. The Hall–Kier alpha value is -3.15. The van der Waals surface area contributed by atoms with E-state index in [-0.39, 0.29) is 25.5 Å². The number of rotatable bonds is 6. The van der Waals surface area contributed by atoms with Crippen molar-refractivity contribution in [3.05, 3.63) is 59.7 Å². The van der Waals surface area contributed by atoms with E-state index in [9.17, 15) is 14.4 Å². The molecule has 1 N–H and O–H groups in total. The summed E-state index contributed by atoms with van der Waals surface area (Å²) in [5, 5.41) is 2.72. The van der Waals surface area contributed by atoms with Crippen molar-refractivity contribution in [1.29, 1.82) is 0 Å². The smallest absolute Gasteiger partial charge is 0.311 e. The second-order valence-electron chi connectivity index (χ2n) is 6.86. The SMILES string of the molecule is CCc1ccccc1N1C[C@@H](C(=O)OCC(=O)Nc2ccccc2C)CC1=O. The van der Waals surface area contributed by atoms with Crippen LogP contribution in [0.4, 0.5) is 11.4 Å². The molecule has 0 unspecified atom stereocenters. The first-order valence-corrected chi connectivity index (χ1v) is 9.40. The summed E-state index contributed by atoms with van der Waals surface area (Å²) in [6, 6.07) is 15.0. The summed E-state index contributed by atoms with van der Waals surface area (Å²) >= 11 is 0. The fraction of sp³-hybridized carbons (Fsp3) is 0.318. The third kappa shape index (κ3) is 4.39. The van der Waals surface area contributed by atoms with Crippen molar-refractivity contribution < 1.29 is 19.1 Å². The Labute approximate surface area is 164 Å². The number of carbonyl (C=O) groups is 3. The lowest BCUT2D eigenvalue weighted by molar-refractivity contribution is -0.151. The third-order valence-electron chi connectivity index (χ3n) is 4.89. The summed E-state index contributed by atoms with van der Waals surface area (Å²) < 4.78 is 5.16. The second kappa shape index (κ2) is 8.69. The van der Waals surface area contributed by atoms with Crippen LogP contribution < -0.4 is 10.2 Å². The molecule has 1 fully saturated rings. The number of ether oxygens (including phenoxy) is 1. The highest BCUT2D eigenvalue weighted by Gasteiger charge is 2.37. The Morgan fingerprint density at radius 2 is 1.86 bits per heavy atom. The first-order chi connectivity index (χ1) is 13.5. The van der Waals surface area contributed by atoms with Gasteiger partial charge >= 0.3 is 5.97 Å². The summed E-state index contributed by atoms with van der Waals surface area (Å²) in [6.45, 7) is 3.81. The first kappa shape index (κ1) is 19.6. The topological polar surface area (TPSA) is 75.7 Å². The van der Waals surface area contributed by atoms with E-state index in [1.165, 1.54) is 0 Å². The Morgan fingerprint density at radius 3 is 2.61 bits per heavy atom. The number of amides is 2. The molecule has 0 bridgehead atoms. The average molecular weight is 380 g/mol. The first-order valence-electron chi connectivity index (χ1n) is 9.40. The van der Waals surface area contributed by atoms with Crippen molar-refractivity contribution in [2.75, 3.05) is 23.4 Å². The normalized spacial score (nSPS) is 16.1. The van der Waals surface area contributed by atoms with Gasteiger partial charge in [0.15, 0.2) is 6.61 Å². The van der Waals surface area contributed by atoms with Crippen LogP contribution in [0.15, 0.2) is 48.5 Å². The van der Waals surface area contributed by atoms with Crippen molar-refractivity contribution in [2.24, 2.45) is 5.92 Å². The maximum absolute atomic E-state index is 12.4. The number of nitrogens with zero attached hydrogens (tertiary/aromatic N) is 1. The highest BCUT2D eigenvalue weighted by molar-refractivity contribution is 6.00. The van der Waals surface area contributed by atoms with Crippen LogP contribution in [0, 0.1) is 12.8 Å². The highest BCUT2D eigenvalue weighted by atomic mass is 16.5. The molecule has 0 spiro atoms. The quantitative estimate of drug-likeness (QED) is 0.782. The summed E-state index contributed by atoms with van der Waals surface area (Å²) in [5.41, 5.74) is 3.50. The van der Waals surface area contributed by atoms with Crippen molar-refractivity contribution in [3.8, 4) is 0 Å². The molecule has 3 rings (SSSR count). The molecule has 1 heterocycles. The zero-order chi connectivity index (χ0) is 20.1. The van der Waals surface area contributed by atoms with Crippen LogP contribution in [0.2, 0.25) is 0 Å². The molecule has 2 aromatic rings. The highest BCUT2D eigenvalue weighted by Crippen LogP contribution is 2.29. The monoisotopic (exact) mass is 380 g/mol. The number of carbonyl (C=O) groups excluding carboxylic acids is 3. The van der Waals surface area contributed by atoms with Gasteiger partial charge < -0.3 is 15.0 Å². The number of para-hydroxylation sites is 2. The predicted octanol–water partition coefficient (Wildman–Crippen LogP) is 3.09. The minimum Gasteiger partial charge on any atom is -0.455 e. The van der Waals surface area contributed by atoms with E-state index in [0.717, 1.165) is 23.2 Å². The predicted molar refractivity (Wildman–Crippen MR) is 107 cm³/mol. The van der Waals surface area contributed by atoms with Gasteiger partial charge in [-0.2, -0.15) is 0 Å². The Bertz CT molecular complexity index is 894. The standard InChI is InChI=1S/C22H24N2O4/c1-3-16-9-5-7-11-19(16)24-13-17(12-21(24)26)22(27)28-14-20(25)23-18-10-6-4-8-15(18)2/h4-11,17H,3,12-14H2,1-2H3,(H,23,25)/t17-/m0/s1. The van der Waals surface area contributed by atoms with Crippen molar-refractivity contribution in [1.82, 2.24) is 0 Å². The number of anilines is 2. The van der Waals surface area contributed by atoms with Crippen LogP contribution in [0.25, 0.3) is 0 Å². The minimum atomic E-state index is -0.566. The Balaban J connectivity index is 1.56. The van der Waals surface area contributed by atoms with Gasteiger partial charge in [0.2, 0.25) is 5.91 Å². The van der Waals surface area contributed by atoms with Crippen LogP contribution >= 0.6 is 0 Å². The molecule has 6 nitrogen and oxygen atoms in total. The molecular formula is C22H24N2O4. The molecule has 28 heavy (non-hydrogen) atoms. The minimum absolute atomic E-state index is 0.0935. The average Bonchev–Trinajstić information content (AvgIpc) is 3.09. The van der Waals surface area contributed by atoms with E-state index in [4.69, 9.17) is 4.74 Å². The molecule has 1 atom stereocenters. The Morgan fingerprint density at radius 1 is 1.14 bits per heavy atom. The van der Waals surface area contributed by atoms with Gasteiger partial charge in [-0.25, -0.2) is 0 Å². The lowest BCUT2D eigenvalue weighted by Crippen LogP contribution is -2.28. The third-order valence-corrected chi connectivity index (χ3v) is 4.89. The molecule has 1 aliphatic heterocycles. The molecule has 0 aliphatic carbocycles. The lowest BCUT2D eigenvalue weighted by atomic mass is 10.1. The van der Waals surface area contributed by atoms with Gasteiger partial charge in [0.25, 0.3) is 5.91 Å². The van der Waals surface area contributed by atoms with E-state index in [2.05, 4.69) is 5.32 Å². The summed E-state index contributed by atoms with van der Waals surface area (Å²) in [7, 11) is 0. The van der Waals surface area contributed by atoms with Gasteiger partial charge in [0.1, 0.15) is 0 Å². The van der Waals surface area contributed by atoms with Crippen LogP contribution in [-0.4, -0.2) is 30.9 Å². The lowest BCUT2D eigenvalue weighted by Gasteiger charge is -2.19. The van der Waals surface area contributed by atoms with E-state index in [1.54, 1.807) is 11.0 Å². The van der Waals surface area contributed by atoms with Crippen molar-refractivity contribution in [3.63, 3.8) is 0 Å². The van der Waals surface area contributed by atoms with Crippen molar-refractivity contribution >= 4 is 29.2 Å². The van der Waals surface area contributed by atoms with Gasteiger partial charge in [-0.05, 0) is 36.6 Å². The van der Waals surface area contributed by atoms with Gasteiger partial charge in [0.05, 0.1) is 5.92 Å². The van der Waals surface area contributed by atoms with Gasteiger partial charge in [-0.1, -0.05) is 43.3 Å². The Kier molecular flexibility index (Phi) is 6.09. The largest absolute Gasteiger partial charge is 0.455 e. The second-order valence-corrected chi connectivity index (χ2v) is 6.86. The number of hydrogen-bond acceptors (Lipinski definition) is 4. The van der Waals surface area contributed by atoms with Crippen LogP contribution in [0.5, 0.6) is 0 Å². The zero-order valence-corrected chi connectivity index (χ0v) is 16.1. The van der Waals surface area contributed by atoms with Gasteiger partial charge in [-0.15, -0.1) is 0 Å². The van der Waals surface area contributed by atoms with E-state index < -0.39 is 17.8 Å². The molecule has 0 saturated carbocycles. The number of benzene rings is 2. The maximum Gasteiger partial charge on any atom is 0.311 e. The summed E-state index contributed by atoms with van der Waals surface area (Å²) in [6.07, 6.45) is 0.893. The fourth-order valence-corrected chi connectivity index (χ4v) is 3.33. The molecule has 146 valence electrons. The van der Waals surface area contributed by atoms with Gasteiger partial charge in [-0.3, -0.25) is 14.4 Å². The van der Waals surface area contributed by atoms with E-state index in [0.29, 0.717) is 5.69 Å². The number of nitrogens with one attached hydrogen (secondary N) is 1. The maximum atomic E-state index is 12.4. The molecular weight excluding hydrogens is 356 g/mol. The van der Waals surface area contributed by atoms with Crippen molar-refractivity contribution in [2.45, 2.75) is 26.7 Å². The van der Waals surface area contributed by atoms with Gasteiger partial charge in [0, 0.05) is 24.3 Å². The number of esters is 1.